The van der Waals surface area contributed by atoms with Crippen molar-refractivity contribution in [2.24, 2.45) is 0 Å². The fourth-order valence-electron chi connectivity index (χ4n) is 1.67. The third kappa shape index (κ3) is 2.76. The third-order valence-corrected chi connectivity index (χ3v) is 3.31. The average molecular weight is 307 g/mol. The summed E-state index contributed by atoms with van der Waals surface area (Å²) in [7, 11) is 1.65. The molecule has 3 nitrogen and oxygen atoms in total. The number of nitrogen functional groups attached to an aromatic ring is 1. The van der Waals surface area contributed by atoms with Crippen LogP contribution in [0.1, 0.15) is 5.56 Å². The standard InChI is InChI=1S/C14H15BrN2O/c1-9-3-4-10(16)7-13(9)17-11-5-6-14(18-2)12(15)8-11/h3-8,17H,16H2,1-2H3. The Balaban J connectivity index is 2.28. The highest BCUT2D eigenvalue weighted by Crippen LogP contribution is 2.30. The fourth-order valence-corrected chi connectivity index (χ4v) is 2.21. The van der Waals surface area contributed by atoms with E-state index in [1.807, 2.05) is 43.3 Å². The maximum absolute atomic E-state index is 5.79. The number of nitrogens with two attached hydrogens (primary N) is 1. The van der Waals surface area contributed by atoms with E-state index < -0.39 is 0 Å². The first kappa shape index (κ1) is 12.8. The summed E-state index contributed by atoms with van der Waals surface area (Å²) in [5.74, 6) is 0.810. The van der Waals surface area contributed by atoms with Crippen molar-refractivity contribution in [1.82, 2.24) is 0 Å². The Labute approximate surface area is 115 Å². The van der Waals surface area contributed by atoms with Crippen molar-refractivity contribution in [2.75, 3.05) is 18.2 Å². The molecule has 0 saturated heterocycles. The molecule has 2 aromatic carbocycles. The Morgan fingerprint density at radius 2 is 1.94 bits per heavy atom. The predicted octanol–water partition coefficient (Wildman–Crippen LogP) is 4.09. The maximum Gasteiger partial charge on any atom is 0.133 e. The number of methoxy groups -OCH3 is 1. The van der Waals surface area contributed by atoms with E-state index in [1.54, 1.807) is 7.11 Å². The number of aryl methyl sites for hydroxylation is 1. The number of hydrogen-bond donors (Lipinski definition) is 2. The Kier molecular flexibility index (Phi) is 3.77. The zero-order valence-corrected chi connectivity index (χ0v) is 11.9. The predicted molar refractivity (Wildman–Crippen MR) is 79.6 cm³/mol. The van der Waals surface area contributed by atoms with E-state index in [1.165, 1.54) is 0 Å². The van der Waals surface area contributed by atoms with Crippen LogP contribution in [0.3, 0.4) is 0 Å². The van der Waals surface area contributed by atoms with Gasteiger partial charge in [-0.2, -0.15) is 0 Å². The summed E-state index contributed by atoms with van der Waals surface area (Å²) < 4.78 is 6.11. The quantitative estimate of drug-likeness (QED) is 0.840. The second-order valence-corrected chi connectivity index (χ2v) is 4.90. The molecule has 0 unspecified atom stereocenters. The number of halogens is 1. The number of anilines is 3. The molecule has 18 heavy (non-hydrogen) atoms. The van der Waals surface area contributed by atoms with Gasteiger partial charge in [0, 0.05) is 17.1 Å². The number of benzene rings is 2. The lowest BCUT2D eigenvalue weighted by Gasteiger charge is -2.12. The first-order chi connectivity index (χ1) is 8.60. The van der Waals surface area contributed by atoms with Crippen LogP contribution in [0.4, 0.5) is 17.1 Å². The van der Waals surface area contributed by atoms with Gasteiger partial charge in [-0.15, -0.1) is 0 Å². The summed E-state index contributed by atoms with van der Waals surface area (Å²) in [4.78, 5) is 0. The van der Waals surface area contributed by atoms with Crippen LogP contribution in [0, 0.1) is 6.92 Å². The summed E-state index contributed by atoms with van der Waals surface area (Å²) in [6.07, 6.45) is 0. The molecule has 0 aromatic heterocycles. The van der Waals surface area contributed by atoms with Gasteiger partial charge in [0.1, 0.15) is 5.75 Å². The Morgan fingerprint density at radius 1 is 1.17 bits per heavy atom. The van der Waals surface area contributed by atoms with Crippen LogP contribution in [0.15, 0.2) is 40.9 Å². The summed E-state index contributed by atoms with van der Waals surface area (Å²) in [5, 5.41) is 3.34. The van der Waals surface area contributed by atoms with Gasteiger partial charge in [-0.25, -0.2) is 0 Å². The van der Waals surface area contributed by atoms with Gasteiger partial charge in [0.2, 0.25) is 0 Å². The summed E-state index contributed by atoms with van der Waals surface area (Å²) in [6, 6.07) is 11.7. The van der Waals surface area contributed by atoms with Crippen molar-refractivity contribution >= 4 is 33.0 Å². The molecule has 3 N–H and O–H groups in total. The molecule has 2 aromatic rings. The van der Waals surface area contributed by atoms with Crippen molar-refractivity contribution < 1.29 is 4.74 Å². The average Bonchev–Trinajstić information content (AvgIpc) is 2.34. The van der Waals surface area contributed by atoms with E-state index in [2.05, 4.69) is 21.2 Å². The van der Waals surface area contributed by atoms with Gasteiger partial charge in [0.25, 0.3) is 0 Å². The lowest BCUT2D eigenvalue weighted by atomic mass is 10.1. The Morgan fingerprint density at radius 3 is 2.61 bits per heavy atom. The van der Waals surface area contributed by atoms with Crippen molar-refractivity contribution in [3.63, 3.8) is 0 Å². The molecule has 0 heterocycles. The van der Waals surface area contributed by atoms with Crippen LogP contribution in [-0.4, -0.2) is 7.11 Å². The lowest BCUT2D eigenvalue weighted by Crippen LogP contribution is -1.95. The minimum atomic E-state index is 0.746. The molecular formula is C14H15BrN2O. The topological polar surface area (TPSA) is 47.3 Å². The highest BCUT2D eigenvalue weighted by atomic mass is 79.9. The van der Waals surface area contributed by atoms with Crippen LogP contribution in [0.5, 0.6) is 5.75 Å². The molecule has 2 rings (SSSR count). The van der Waals surface area contributed by atoms with Crippen molar-refractivity contribution in [3.05, 3.63) is 46.4 Å². The smallest absolute Gasteiger partial charge is 0.133 e. The summed E-state index contributed by atoms with van der Waals surface area (Å²) in [6.45, 7) is 2.04. The van der Waals surface area contributed by atoms with Crippen LogP contribution >= 0.6 is 15.9 Å². The Bertz CT molecular complexity index is 570. The highest BCUT2D eigenvalue weighted by molar-refractivity contribution is 9.10. The molecular weight excluding hydrogens is 292 g/mol. The number of ether oxygens (including phenoxy) is 1. The van der Waals surface area contributed by atoms with Crippen LogP contribution < -0.4 is 15.8 Å². The van der Waals surface area contributed by atoms with Crippen molar-refractivity contribution in [3.8, 4) is 5.75 Å². The van der Waals surface area contributed by atoms with Gasteiger partial charge in [-0.05, 0) is 58.7 Å². The van der Waals surface area contributed by atoms with Gasteiger partial charge < -0.3 is 15.8 Å². The van der Waals surface area contributed by atoms with Crippen LogP contribution in [0.25, 0.3) is 0 Å². The highest BCUT2D eigenvalue weighted by Gasteiger charge is 2.03. The molecule has 0 aliphatic carbocycles. The number of nitrogens with one attached hydrogen (secondary N) is 1. The van der Waals surface area contributed by atoms with E-state index in [0.29, 0.717) is 0 Å². The monoisotopic (exact) mass is 306 g/mol. The van der Waals surface area contributed by atoms with E-state index in [-0.39, 0.29) is 0 Å². The molecule has 0 atom stereocenters. The molecule has 0 spiro atoms. The van der Waals surface area contributed by atoms with E-state index in [4.69, 9.17) is 10.5 Å². The molecule has 0 aliphatic rings. The fraction of sp³-hybridized carbons (Fsp3) is 0.143. The van der Waals surface area contributed by atoms with Gasteiger partial charge in [0.05, 0.1) is 11.6 Å². The second kappa shape index (κ2) is 5.31. The molecule has 0 aliphatic heterocycles. The zero-order chi connectivity index (χ0) is 13.1. The molecule has 0 fully saturated rings. The van der Waals surface area contributed by atoms with Crippen molar-refractivity contribution in [2.45, 2.75) is 6.92 Å². The number of rotatable bonds is 3. The van der Waals surface area contributed by atoms with Crippen molar-refractivity contribution in [1.29, 1.82) is 0 Å². The zero-order valence-electron chi connectivity index (χ0n) is 10.3. The Hall–Kier alpha value is -1.68. The maximum atomic E-state index is 5.79. The van der Waals surface area contributed by atoms with Gasteiger partial charge in [-0.3, -0.25) is 0 Å². The SMILES string of the molecule is COc1ccc(Nc2cc(N)ccc2C)cc1Br. The van der Waals surface area contributed by atoms with E-state index in [0.717, 1.165) is 32.8 Å². The largest absolute Gasteiger partial charge is 0.496 e. The second-order valence-electron chi connectivity index (χ2n) is 4.05. The van der Waals surface area contributed by atoms with E-state index in [9.17, 15) is 0 Å². The number of hydrogen-bond acceptors (Lipinski definition) is 3. The van der Waals surface area contributed by atoms with Crippen LogP contribution in [0.2, 0.25) is 0 Å². The lowest BCUT2D eigenvalue weighted by molar-refractivity contribution is 0.412. The molecule has 0 amide bonds. The molecule has 4 heteroatoms. The molecule has 0 saturated carbocycles. The molecule has 0 bridgehead atoms. The summed E-state index contributed by atoms with van der Waals surface area (Å²) >= 11 is 3.46. The third-order valence-electron chi connectivity index (χ3n) is 2.69. The molecule has 0 radical (unpaired) electrons. The van der Waals surface area contributed by atoms with E-state index >= 15 is 0 Å². The molecule has 94 valence electrons. The van der Waals surface area contributed by atoms with Gasteiger partial charge >= 0.3 is 0 Å². The normalized spacial score (nSPS) is 10.2. The van der Waals surface area contributed by atoms with Gasteiger partial charge in [0.15, 0.2) is 0 Å². The first-order valence-electron chi connectivity index (χ1n) is 5.57. The first-order valence-corrected chi connectivity index (χ1v) is 6.36. The minimum absolute atomic E-state index is 0.746. The summed E-state index contributed by atoms with van der Waals surface area (Å²) in [5.41, 5.74) is 9.67. The van der Waals surface area contributed by atoms with Gasteiger partial charge in [-0.1, -0.05) is 6.07 Å². The minimum Gasteiger partial charge on any atom is -0.496 e. The van der Waals surface area contributed by atoms with Crippen LogP contribution in [-0.2, 0) is 0 Å².